The van der Waals surface area contributed by atoms with Crippen molar-refractivity contribution >= 4 is 34.4 Å². The van der Waals surface area contributed by atoms with Gasteiger partial charge in [0, 0.05) is 51.1 Å². The maximum atomic E-state index is 13.4. The number of hydrogen-bond acceptors (Lipinski definition) is 2. The van der Waals surface area contributed by atoms with E-state index in [4.69, 9.17) is 16.7 Å². The summed E-state index contributed by atoms with van der Waals surface area (Å²) in [5.74, 6) is -0.146. The van der Waals surface area contributed by atoms with Gasteiger partial charge in [-0.05, 0) is 84.7 Å². The van der Waals surface area contributed by atoms with Gasteiger partial charge >= 0.3 is 12.1 Å². The summed E-state index contributed by atoms with van der Waals surface area (Å²) in [6.45, 7) is 3.45. The predicted molar refractivity (Wildman–Crippen MR) is 146 cm³/mol. The van der Waals surface area contributed by atoms with Crippen molar-refractivity contribution in [3.8, 4) is 0 Å². The lowest BCUT2D eigenvalue weighted by atomic mass is 9.92. The largest absolute Gasteiger partial charge is 0.481 e. The van der Waals surface area contributed by atoms with Crippen molar-refractivity contribution in [3.05, 3.63) is 69.4 Å². The lowest BCUT2D eigenvalue weighted by Crippen LogP contribution is -2.39. The molecule has 0 unspecified atom stereocenters. The Balaban J connectivity index is 0.000000648. The maximum absolute atomic E-state index is 13.4. The van der Waals surface area contributed by atoms with Crippen molar-refractivity contribution in [1.29, 1.82) is 0 Å². The molecule has 1 aliphatic carbocycles. The highest BCUT2D eigenvalue weighted by Gasteiger charge is 2.31. The van der Waals surface area contributed by atoms with Gasteiger partial charge in [-0.15, -0.1) is 0 Å². The molecule has 3 aromatic rings. The van der Waals surface area contributed by atoms with Crippen molar-refractivity contribution in [2.24, 2.45) is 13.0 Å². The molecule has 2 aromatic carbocycles. The van der Waals surface area contributed by atoms with Gasteiger partial charge in [0.2, 0.25) is 0 Å². The Kier molecular flexibility index (Phi) is 8.64. The fourth-order valence-electron chi connectivity index (χ4n) is 5.36. The fourth-order valence-corrected chi connectivity index (χ4v) is 5.68. The average molecular weight is 563 g/mol. The summed E-state index contributed by atoms with van der Waals surface area (Å²) >= 11 is 6.99. The Morgan fingerprint density at radius 1 is 1.05 bits per heavy atom. The van der Waals surface area contributed by atoms with Crippen LogP contribution in [0.2, 0.25) is 5.02 Å². The number of carboxylic acids is 1. The number of aryl methyl sites for hydroxylation is 2. The van der Waals surface area contributed by atoms with Crippen LogP contribution >= 0.6 is 11.6 Å². The van der Waals surface area contributed by atoms with Gasteiger partial charge in [-0.3, -0.25) is 9.59 Å². The molecule has 1 amide bonds. The summed E-state index contributed by atoms with van der Waals surface area (Å²) in [6.07, 6.45) is 0.643. The summed E-state index contributed by atoms with van der Waals surface area (Å²) in [5, 5.41) is 10.8. The molecular weight excluding hydrogens is 529 g/mol. The number of benzene rings is 2. The third-order valence-electron chi connectivity index (χ3n) is 7.55. The average Bonchev–Trinajstić information content (AvgIpc) is 3.64. The molecule has 210 valence electrons. The molecule has 2 aliphatic rings. The minimum Gasteiger partial charge on any atom is -0.481 e. The number of alkyl halides is 3. The summed E-state index contributed by atoms with van der Waals surface area (Å²) < 4.78 is 33.3. The SMILES string of the molecule is CC(F)(F)F.Cc1ccc2cc(Cc3c(C4CC4)ccc(C(=O)N4CCC(CC(=O)O)CC4)c3Cl)n(C)c2c1. The number of hydrogen-bond donors (Lipinski definition) is 1. The van der Waals surface area contributed by atoms with E-state index >= 15 is 0 Å². The van der Waals surface area contributed by atoms with Gasteiger partial charge in [-0.2, -0.15) is 13.2 Å². The number of aromatic nitrogens is 1. The molecule has 5 nitrogen and oxygen atoms in total. The molecular formula is C30H34ClF3N2O3. The van der Waals surface area contributed by atoms with Gasteiger partial charge in [-0.25, -0.2) is 0 Å². The number of aliphatic carboxylic acids is 1. The Morgan fingerprint density at radius 2 is 1.69 bits per heavy atom. The lowest BCUT2D eigenvalue weighted by molar-refractivity contribution is -0.138. The number of fused-ring (bicyclic) bond motifs is 1. The van der Waals surface area contributed by atoms with Gasteiger partial charge in [-0.1, -0.05) is 29.8 Å². The van der Waals surface area contributed by atoms with Crippen molar-refractivity contribution in [1.82, 2.24) is 9.47 Å². The Morgan fingerprint density at radius 3 is 2.28 bits per heavy atom. The van der Waals surface area contributed by atoms with E-state index < -0.39 is 12.1 Å². The smallest absolute Gasteiger partial charge is 0.386 e. The molecule has 1 saturated heterocycles. The van der Waals surface area contributed by atoms with Gasteiger partial charge in [0.25, 0.3) is 5.91 Å². The van der Waals surface area contributed by atoms with Gasteiger partial charge < -0.3 is 14.6 Å². The quantitative estimate of drug-likeness (QED) is 0.338. The van der Waals surface area contributed by atoms with Crippen LogP contribution in [0.15, 0.2) is 36.4 Å². The number of carbonyl (C=O) groups is 2. The summed E-state index contributed by atoms with van der Waals surface area (Å²) in [5.41, 5.74) is 6.52. The van der Waals surface area contributed by atoms with Crippen LogP contribution in [0.25, 0.3) is 10.9 Å². The predicted octanol–water partition coefficient (Wildman–Crippen LogP) is 7.50. The van der Waals surface area contributed by atoms with E-state index in [-0.39, 0.29) is 25.2 Å². The van der Waals surface area contributed by atoms with Crippen molar-refractivity contribution in [2.45, 2.75) is 64.5 Å². The van der Waals surface area contributed by atoms with Crippen LogP contribution in [0.5, 0.6) is 0 Å². The van der Waals surface area contributed by atoms with Crippen LogP contribution in [0.3, 0.4) is 0 Å². The number of piperidine rings is 1. The first-order valence-electron chi connectivity index (χ1n) is 13.3. The van der Waals surface area contributed by atoms with Crippen LogP contribution in [0.4, 0.5) is 13.2 Å². The highest BCUT2D eigenvalue weighted by atomic mass is 35.5. The van der Waals surface area contributed by atoms with E-state index in [1.807, 2.05) is 11.0 Å². The van der Waals surface area contributed by atoms with Crippen molar-refractivity contribution < 1.29 is 27.9 Å². The van der Waals surface area contributed by atoms with E-state index in [9.17, 15) is 22.8 Å². The van der Waals surface area contributed by atoms with Gasteiger partial charge in [0.05, 0.1) is 10.6 Å². The normalized spacial score (nSPS) is 16.2. The lowest BCUT2D eigenvalue weighted by Gasteiger charge is -2.32. The molecule has 1 aliphatic heterocycles. The number of nitrogens with zero attached hydrogens (tertiary/aromatic N) is 2. The third-order valence-corrected chi connectivity index (χ3v) is 7.98. The molecule has 39 heavy (non-hydrogen) atoms. The fraction of sp³-hybridized carbons (Fsp3) is 0.467. The standard InChI is InChI=1S/C28H31ClN2O3.C2H3F3/c1-17-3-4-20-15-21(30(2)25(20)13-17)16-24-22(19-5-6-19)7-8-23(27(24)29)28(34)31-11-9-18(10-12-31)14-26(32)33;1-2(3,4)5/h3-4,7-8,13,15,18-19H,5-6,9-12,14,16H2,1-2H3,(H,32,33);1H3. The third kappa shape index (κ3) is 7.35. The molecule has 0 atom stereocenters. The second-order valence-corrected chi connectivity index (χ2v) is 11.2. The van der Waals surface area contributed by atoms with E-state index in [0.717, 1.165) is 18.4 Å². The Bertz CT molecular complexity index is 1360. The number of rotatable bonds is 6. The summed E-state index contributed by atoms with van der Waals surface area (Å²) in [4.78, 5) is 26.3. The van der Waals surface area contributed by atoms with Crippen LogP contribution in [0, 0.1) is 12.8 Å². The molecule has 1 saturated carbocycles. The zero-order valence-electron chi connectivity index (χ0n) is 22.4. The zero-order valence-corrected chi connectivity index (χ0v) is 23.2. The first kappa shape index (κ1) is 29.0. The number of likely N-dealkylation sites (tertiary alicyclic amines) is 1. The highest BCUT2D eigenvalue weighted by Crippen LogP contribution is 2.45. The van der Waals surface area contributed by atoms with E-state index in [1.165, 1.54) is 40.6 Å². The van der Waals surface area contributed by atoms with Crippen molar-refractivity contribution in [2.75, 3.05) is 13.1 Å². The molecule has 5 rings (SSSR count). The zero-order chi connectivity index (χ0) is 28.5. The van der Waals surface area contributed by atoms with E-state index in [1.54, 1.807) is 0 Å². The molecule has 2 fully saturated rings. The minimum atomic E-state index is -4.00. The Labute approximate surface area is 231 Å². The maximum Gasteiger partial charge on any atom is 0.386 e. The second kappa shape index (κ2) is 11.6. The van der Waals surface area contributed by atoms with Crippen LogP contribution in [-0.4, -0.2) is 45.7 Å². The molecule has 0 bridgehead atoms. The summed E-state index contributed by atoms with van der Waals surface area (Å²) in [6, 6.07) is 12.7. The number of carboxylic acid groups (broad SMARTS) is 1. The van der Waals surface area contributed by atoms with E-state index in [0.29, 0.717) is 36.0 Å². The van der Waals surface area contributed by atoms with Crippen LogP contribution in [-0.2, 0) is 18.3 Å². The minimum absolute atomic E-state index is 0.0463. The summed E-state index contributed by atoms with van der Waals surface area (Å²) in [7, 11) is 2.10. The molecule has 0 radical (unpaired) electrons. The molecule has 1 N–H and O–H groups in total. The number of carbonyl (C=O) groups excluding carboxylic acids is 1. The highest BCUT2D eigenvalue weighted by molar-refractivity contribution is 6.34. The number of amides is 1. The Hall–Kier alpha value is -3.00. The first-order valence-corrected chi connectivity index (χ1v) is 13.6. The van der Waals surface area contributed by atoms with Crippen molar-refractivity contribution in [3.63, 3.8) is 0 Å². The van der Waals surface area contributed by atoms with E-state index in [2.05, 4.69) is 48.9 Å². The number of halogens is 4. The molecule has 0 spiro atoms. The van der Waals surface area contributed by atoms with Gasteiger partial charge in [0.1, 0.15) is 0 Å². The first-order chi connectivity index (χ1) is 18.3. The topological polar surface area (TPSA) is 62.5 Å². The second-order valence-electron chi connectivity index (χ2n) is 10.8. The molecule has 2 heterocycles. The molecule has 1 aromatic heterocycles. The van der Waals surface area contributed by atoms with Gasteiger partial charge in [0.15, 0.2) is 0 Å². The van der Waals surface area contributed by atoms with Crippen LogP contribution < -0.4 is 0 Å². The van der Waals surface area contributed by atoms with Crippen LogP contribution in [0.1, 0.15) is 77.7 Å². The monoisotopic (exact) mass is 562 g/mol. The molecule has 9 heteroatoms.